The Hall–Kier alpha value is -1.12. The molecule has 4 fully saturated rings. The fourth-order valence-corrected chi connectivity index (χ4v) is 5.94. The first-order valence-corrected chi connectivity index (χ1v) is 10.2. The number of anilines is 1. The summed E-state index contributed by atoms with van der Waals surface area (Å²) >= 11 is 0. The zero-order valence-corrected chi connectivity index (χ0v) is 17.7. The van der Waals surface area contributed by atoms with E-state index in [1.165, 1.54) is 25.5 Å². The van der Waals surface area contributed by atoms with Crippen LogP contribution in [0, 0.1) is 17.8 Å². The number of rotatable bonds is 7. The highest BCUT2D eigenvalue weighted by molar-refractivity contribution is 5.85. The van der Waals surface area contributed by atoms with E-state index in [1.54, 1.807) is 7.11 Å². The van der Waals surface area contributed by atoms with E-state index >= 15 is 0 Å². The molecule has 9 heteroatoms. The highest BCUT2D eigenvalue weighted by Gasteiger charge is 2.51. The first kappa shape index (κ1) is 22.6. The fraction of sp³-hybridized carbons (Fsp3) is 0.800. The maximum atomic E-state index is 13.6. The van der Waals surface area contributed by atoms with Crippen molar-refractivity contribution >= 4 is 18.4 Å². The van der Waals surface area contributed by atoms with Gasteiger partial charge in [-0.1, -0.05) is 0 Å². The van der Waals surface area contributed by atoms with Gasteiger partial charge >= 0.3 is 6.18 Å². The molecule has 0 spiro atoms. The monoisotopic (exact) mass is 434 g/mol. The lowest BCUT2D eigenvalue weighted by Crippen LogP contribution is -2.55. The van der Waals surface area contributed by atoms with Gasteiger partial charge in [0.05, 0.1) is 6.61 Å². The SMILES string of the molecule is COCC(C)NCc1cnc(NC23CC4CC(CC(C4)C2)C3)nc1C(F)(F)F.Cl. The number of hydrogen-bond donors (Lipinski definition) is 2. The summed E-state index contributed by atoms with van der Waals surface area (Å²) in [6.45, 7) is 2.34. The summed E-state index contributed by atoms with van der Waals surface area (Å²) in [4.78, 5) is 8.18. The van der Waals surface area contributed by atoms with Crippen molar-refractivity contribution in [3.63, 3.8) is 0 Å². The largest absolute Gasteiger partial charge is 0.433 e. The van der Waals surface area contributed by atoms with Gasteiger partial charge in [-0.25, -0.2) is 9.97 Å². The highest BCUT2D eigenvalue weighted by atomic mass is 35.5. The fourth-order valence-electron chi connectivity index (χ4n) is 5.94. The summed E-state index contributed by atoms with van der Waals surface area (Å²) in [6, 6.07) is -0.0593. The molecule has 1 atom stereocenters. The van der Waals surface area contributed by atoms with Gasteiger partial charge in [0, 0.05) is 37.0 Å². The summed E-state index contributed by atoms with van der Waals surface area (Å²) in [7, 11) is 1.56. The molecule has 4 saturated carbocycles. The molecule has 4 bridgehead atoms. The number of nitrogens with one attached hydrogen (secondary N) is 2. The second-order valence-electron chi connectivity index (χ2n) is 9.13. The summed E-state index contributed by atoms with van der Waals surface area (Å²) in [5.41, 5.74) is -0.914. The Balaban J connectivity index is 0.00000240. The molecule has 29 heavy (non-hydrogen) atoms. The predicted octanol–water partition coefficient (Wildman–Crippen LogP) is 4.42. The molecule has 164 valence electrons. The molecule has 0 saturated heterocycles. The molecule has 1 unspecified atom stereocenters. The Morgan fingerprint density at radius 2 is 1.76 bits per heavy atom. The predicted molar refractivity (Wildman–Crippen MR) is 107 cm³/mol. The molecule has 1 aromatic heterocycles. The lowest BCUT2D eigenvalue weighted by Gasteiger charge is -2.56. The molecular formula is C20H30ClF3N4O. The molecule has 1 heterocycles. The van der Waals surface area contributed by atoms with Crippen molar-refractivity contribution in [1.82, 2.24) is 15.3 Å². The normalized spacial score (nSPS) is 31.4. The van der Waals surface area contributed by atoms with Gasteiger partial charge < -0.3 is 15.4 Å². The topological polar surface area (TPSA) is 59.1 Å². The van der Waals surface area contributed by atoms with Gasteiger partial charge in [0.25, 0.3) is 0 Å². The van der Waals surface area contributed by atoms with Gasteiger partial charge in [-0.15, -0.1) is 12.4 Å². The maximum absolute atomic E-state index is 13.6. The van der Waals surface area contributed by atoms with Crippen molar-refractivity contribution in [2.75, 3.05) is 19.0 Å². The zero-order chi connectivity index (χ0) is 19.9. The zero-order valence-electron chi connectivity index (χ0n) is 16.9. The van der Waals surface area contributed by atoms with Crippen LogP contribution in [0.5, 0.6) is 0 Å². The first-order chi connectivity index (χ1) is 13.3. The minimum absolute atomic E-state index is 0. The average molecular weight is 435 g/mol. The van der Waals surface area contributed by atoms with Crippen LogP contribution in [0.4, 0.5) is 19.1 Å². The number of ether oxygens (including phenoxy) is 1. The molecule has 1 aromatic rings. The van der Waals surface area contributed by atoms with Crippen molar-refractivity contribution in [1.29, 1.82) is 0 Å². The second kappa shape index (κ2) is 8.55. The van der Waals surface area contributed by atoms with E-state index < -0.39 is 11.9 Å². The third-order valence-corrected chi connectivity index (χ3v) is 6.61. The van der Waals surface area contributed by atoms with E-state index in [0.717, 1.165) is 19.3 Å². The van der Waals surface area contributed by atoms with Gasteiger partial charge in [-0.2, -0.15) is 13.2 Å². The van der Waals surface area contributed by atoms with E-state index in [2.05, 4.69) is 20.6 Å². The van der Waals surface area contributed by atoms with Crippen LogP contribution in [-0.2, 0) is 17.5 Å². The lowest BCUT2D eigenvalue weighted by molar-refractivity contribution is -0.141. The molecule has 4 aliphatic rings. The van der Waals surface area contributed by atoms with Crippen LogP contribution in [0.3, 0.4) is 0 Å². The van der Waals surface area contributed by atoms with E-state index in [0.29, 0.717) is 24.4 Å². The molecule has 5 rings (SSSR count). The Kier molecular flexibility index (Phi) is 6.65. The van der Waals surface area contributed by atoms with Crippen LogP contribution >= 0.6 is 12.4 Å². The number of alkyl halides is 3. The van der Waals surface area contributed by atoms with Crippen molar-refractivity contribution in [2.45, 2.75) is 69.8 Å². The molecule has 5 nitrogen and oxygen atoms in total. The van der Waals surface area contributed by atoms with Crippen LogP contribution in [0.25, 0.3) is 0 Å². The third kappa shape index (κ3) is 4.97. The van der Waals surface area contributed by atoms with Gasteiger partial charge in [-0.3, -0.25) is 0 Å². The van der Waals surface area contributed by atoms with Crippen LogP contribution in [0.15, 0.2) is 6.20 Å². The second-order valence-corrected chi connectivity index (χ2v) is 9.13. The van der Waals surface area contributed by atoms with Gasteiger partial charge in [0.2, 0.25) is 5.95 Å². The smallest absolute Gasteiger partial charge is 0.383 e. The Bertz CT molecular complexity index is 680. The van der Waals surface area contributed by atoms with Crippen LogP contribution in [-0.4, -0.2) is 35.3 Å². The number of halogens is 4. The van der Waals surface area contributed by atoms with Crippen molar-refractivity contribution in [3.05, 3.63) is 17.5 Å². The minimum atomic E-state index is -4.51. The number of nitrogens with zero attached hydrogens (tertiary/aromatic N) is 2. The molecule has 0 aromatic carbocycles. The standard InChI is InChI=1S/C20H29F3N4O.ClH/c1-12(11-28-2)24-9-16-10-25-18(26-17(16)20(21,22)23)27-19-6-13-3-14(7-19)5-15(4-13)8-19;/h10,12-15,24H,3-9,11H2,1-2H3,(H,25,26,27);1H. The Morgan fingerprint density at radius 1 is 1.17 bits per heavy atom. The quantitative estimate of drug-likeness (QED) is 0.665. The summed E-state index contributed by atoms with van der Waals surface area (Å²) in [6.07, 6.45) is 3.72. The number of aromatic nitrogens is 2. The summed E-state index contributed by atoms with van der Waals surface area (Å²) in [5.74, 6) is 2.22. The molecule has 0 radical (unpaired) electrons. The minimum Gasteiger partial charge on any atom is -0.383 e. The number of hydrogen-bond acceptors (Lipinski definition) is 5. The van der Waals surface area contributed by atoms with E-state index in [-0.39, 0.29) is 42.0 Å². The van der Waals surface area contributed by atoms with Crippen LogP contribution in [0.2, 0.25) is 0 Å². The van der Waals surface area contributed by atoms with E-state index in [9.17, 15) is 13.2 Å². The highest BCUT2D eigenvalue weighted by Crippen LogP contribution is 2.56. The van der Waals surface area contributed by atoms with Gasteiger partial charge in [0.1, 0.15) is 0 Å². The maximum Gasteiger partial charge on any atom is 0.433 e. The van der Waals surface area contributed by atoms with Gasteiger partial charge in [0.15, 0.2) is 5.69 Å². The van der Waals surface area contributed by atoms with Gasteiger partial charge in [-0.05, 0) is 63.2 Å². The molecular weight excluding hydrogens is 405 g/mol. The third-order valence-electron chi connectivity index (χ3n) is 6.61. The molecule has 4 aliphatic carbocycles. The van der Waals surface area contributed by atoms with Crippen molar-refractivity contribution in [2.24, 2.45) is 17.8 Å². The summed E-state index contributed by atoms with van der Waals surface area (Å²) in [5, 5.41) is 6.38. The van der Waals surface area contributed by atoms with E-state index in [4.69, 9.17) is 4.74 Å². The molecule has 2 N–H and O–H groups in total. The number of methoxy groups -OCH3 is 1. The van der Waals surface area contributed by atoms with Crippen molar-refractivity contribution < 1.29 is 17.9 Å². The van der Waals surface area contributed by atoms with E-state index in [1.807, 2.05) is 6.92 Å². The Morgan fingerprint density at radius 3 is 2.28 bits per heavy atom. The first-order valence-electron chi connectivity index (χ1n) is 10.2. The lowest BCUT2D eigenvalue weighted by atomic mass is 9.53. The van der Waals surface area contributed by atoms with Crippen LogP contribution < -0.4 is 10.6 Å². The molecule has 0 amide bonds. The Labute approximate surface area is 176 Å². The molecule has 0 aliphatic heterocycles. The average Bonchev–Trinajstić information content (AvgIpc) is 2.58. The summed E-state index contributed by atoms with van der Waals surface area (Å²) < 4.78 is 45.9. The van der Waals surface area contributed by atoms with Crippen LogP contribution in [0.1, 0.15) is 56.7 Å². The van der Waals surface area contributed by atoms with Crippen molar-refractivity contribution in [3.8, 4) is 0 Å².